The van der Waals surface area contributed by atoms with E-state index in [0.29, 0.717) is 13.2 Å². The Hall–Kier alpha value is -2.50. The Morgan fingerprint density at radius 3 is 1.76 bits per heavy atom. The zero-order valence-corrected chi connectivity index (χ0v) is 21.0. The van der Waals surface area contributed by atoms with Gasteiger partial charge in [0.2, 0.25) is 0 Å². The van der Waals surface area contributed by atoms with Gasteiger partial charge in [0, 0.05) is 5.92 Å². The number of aliphatic hydroxyl groups excluding tert-OH is 1. The third-order valence-electron chi connectivity index (χ3n) is 6.11. The lowest BCUT2D eigenvalue weighted by molar-refractivity contribution is 0.0162. The molecule has 0 amide bonds. The van der Waals surface area contributed by atoms with Crippen molar-refractivity contribution >= 4 is 18.7 Å². The number of benzene rings is 3. The second-order valence-corrected chi connectivity index (χ2v) is 13.7. The molecule has 0 aliphatic rings. The molecular formula is C29H36O3Si. The fourth-order valence-electron chi connectivity index (χ4n) is 4.32. The number of aliphatic hydroxyl groups is 1. The predicted molar refractivity (Wildman–Crippen MR) is 139 cm³/mol. The highest BCUT2D eigenvalue weighted by Gasteiger charge is 2.50. The summed E-state index contributed by atoms with van der Waals surface area (Å²) in [7, 11) is -2.69. The highest BCUT2D eigenvalue weighted by atomic mass is 28.4. The molecule has 33 heavy (non-hydrogen) atoms. The molecule has 4 heteroatoms. The Kier molecular flexibility index (Phi) is 8.81. The van der Waals surface area contributed by atoms with Gasteiger partial charge in [0.05, 0.1) is 25.9 Å². The first-order valence-electron chi connectivity index (χ1n) is 11.6. The van der Waals surface area contributed by atoms with Gasteiger partial charge in [-0.3, -0.25) is 0 Å². The van der Waals surface area contributed by atoms with E-state index in [-0.39, 0.29) is 17.6 Å². The molecule has 0 aromatic heterocycles. The van der Waals surface area contributed by atoms with Crippen molar-refractivity contribution in [2.24, 2.45) is 5.92 Å². The molecule has 3 aromatic carbocycles. The van der Waals surface area contributed by atoms with Gasteiger partial charge in [0.25, 0.3) is 8.32 Å². The fourth-order valence-corrected chi connectivity index (χ4v) is 8.90. The number of ether oxygens (including phenoxy) is 1. The molecule has 174 valence electrons. The van der Waals surface area contributed by atoms with E-state index in [1.165, 1.54) is 10.4 Å². The molecule has 0 aliphatic carbocycles. The minimum atomic E-state index is -2.69. The molecule has 0 radical (unpaired) electrons. The van der Waals surface area contributed by atoms with Gasteiger partial charge in [-0.1, -0.05) is 118 Å². The van der Waals surface area contributed by atoms with E-state index in [9.17, 15) is 5.11 Å². The van der Waals surface area contributed by atoms with Crippen LogP contribution in [0, 0.1) is 5.92 Å². The molecule has 0 saturated heterocycles. The summed E-state index contributed by atoms with van der Waals surface area (Å²) >= 11 is 0. The summed E-state index contributed by atoms with van der Waals surface area (Å²) in [4.78, 5) is 0. The van der Waals surface area contributed by atoms with Crippen molar-refractivity contribution in [3.8, 4) is 0 Å². The van der Waals surface area contributed by atoms with Crippen molar-refractivity contribution in [3.05, 3.63) is 109 Å². The van der Waals surface area contributed by atoms with Crippen LogP contribution in [0.25, 0.3) is 0 Å². The summed E-state index contributed by atoms with van der Waals surface area (Å²) in [6.45, 7) is 11.8. The Balaban J connectivity index is 1.79. The topological polar surface area (TPSA) is 38.7 Å². The average Bonchev–Trinajstić information content (AvgIpc) is 2.83. The molecule has 0 fully saturated rings. The Morgan fingerprint density at radius 2 is 1.30 bits per heavy atom. The summed E-state index contributed by atoms with van der Waals surface area (Å²) in [5, 5.41) is 13.3. The van der Waals surface area contributed by atoms with Crippen molar-refractivity contribution in [2.75, 3.05) is 13.2 Å². The molecule has 3 nitrogen and oxygen atoms in total. The Morgan fingerprint density at radius 1 is 0.818 bits per heavy atom. The van der Waals surface area contributed by atoms with Crippen molar-refractivity contribution in [1.29, 1.82) is 0 Å². The maximum atomic E-state index is 11.1. The molecule has 0 bridgehead atoms. The molecule has 0 spiro atoms. The quantitative estimate of drug-likeness (QED) is 0.325. The van der Waals surface area contributed by atoms with Crippen molar-refractivity contribution in [3.63, 3.8) is 0 Å². The van der Waals surface area contributed by atoms with Crippen molar-refractivity contribution in [1.82, 2.24) is 0 Å². The maximum absolute atomic E-state index is 11.1. The lowest BCUT2D eigenvalue weighted by Gasteiger charge is -2.43. The van der Waals surface area contributed by atoms with E-state index in [1.807, 2.05) is 42.5 Å². The lowest BCUT2D eigenvalue weighted by Crippen LogP contribution is -2.67. The standard InChI is InChI=1S/C29H36O3Si/c1-5-25(22-31-21-24-15-9-6-10-16-24)28(30)23-32-33(29(2,3)4,26-17-11-7-12-18-26)27-19-13-8-14-20-27/h5-20,25,28,30H,1,21-23H2,2-4H3/t25-,28-/m1/s1. The Bertz CT molecular complexity index is 929. The zero-order valence-electron chi connectivity index (χ0n) is 20.0. The number of hydrogen-bond donors (Lipinski definition) is 1. The molecular weight excluding hydrogens is 424 g/mol. The van der Waals surface area contributed by atoms with E-state index in [0.717, 1.165) is 5.56 Å². The maximum Gasteiger partial charge on any atom is 0.261 e. The molecule has 0 heterocycles. The first-order valence-corrected chi connectivity index (χ1v) is 13.5. The van der Waals surface area contributed by atoms with Crippen LogP contribution in [0.5, 0.6) is 0 Å². The van der Waals surface area contributed by atoms with Crippen LogP contribution in [0.3, 0.4) is 0 Å². The fraction of sp³-hybridized carbons (Fsp3) is 0.310. The number of rotatable bonds is 11. The molecule has 0 aliphatic heterocycles. The van der Waals surface area contributed by atoms with Gasteiger partial charge in [-0.2, -0.15) is 0 Å². The third kappa shape index (κ3) is 6.09. The largest absolute Gasteiger partial charge is 0.405 e. The summed E-state index contributed by atoms with van der Waals surface area (Å²) in [6.07, 6.45) is 1.06. The van der Waals surface area contributed by atoms with Gasteiger partial charge in [-0.05, 0) is 21.0 Å². The van der Waals surface area contributed by atoms with E-state index in [1.54, 1.807) is 6.08 Å². The van der Waals surface area contributed by atoms with E-state index in [2.05, 4.69) is 75.9 Å². The Labute approximate surface area is 199 Å². The van der Waals surface area contributed by atoms with Crippen LogP contribution in [-0.4, -0.2) is 32.7 Å². The summed E-state index contributed by atoms with van der Waals surface area (Å²) in [6, 6.07) is 31.0. The molecule has 0 saturated carbocycles. The summed E-state index contributed by atoms with van der Waals surface area (Å²) < 4.78 is 12.7. The van der Waals surface area contributed by atoms with Crippen LogP contribution < -0.4 is 10.4 Å². The minimum Gasteiger partial charge on any atom is -0.405 e. The zero-order chi connectivity index (χ0) is 23.7. The second-order valence-electron chi connectivity index (χ2n) is 9.44. The smallest absolute Gasteiger partial charge is 0.261 e. The summed E-state index contributed by atoms with van der Waals surface area (Å²) in [5.41, 5.74) is 1.11. The summed E-state index contributed by atoms with van der Waals surface area (Å²) in [5.74, 6) is -0.216. The van der Waals surface area contributed by atoms with E-state index >= 15 is 0 Å². The van der Waals surface area contributed by atoms with E-state index in [4.69, 9.17) is 9.16 Å². The third-order valence-corrected chi connectivity index (χ3v) is 11.1. The normalized spacial score (nSPS) is 13.9. The van der Waals surface area contributed by atoms with Gasteiger partial charge in [0.1, 0.15) is 0 Å². The van der Waals surface area contributed by atoms with Gasteiger partial charge in [-0.15, -0.1) is 6.58 Å². The van der Waals surface area contributed by atoms with Crippen LogP contribution in [0.2, 0.25) is 5.04 Å². The lowest BCUT2D eigenvalue weighted by atomic mass is 10.0. The van der Waals surface area contributed by atoms with E-state index < -0.39 is 14.4 Å². The molecule has 3 rings (SSSR count). The van der Waals surface area contributed by atoms with Crippen LogP contribution in [0.15, 0.2) is 104 Å². The van der Waals surface area contributed by atoms with Gasteiger partial charge >= 0.3 is 0 Å². The van der Waals surface area contributed by atoms with Crippen molar-refractivity contribution < 1.29 is 14.3 Å². The van der Waals surface area contributed by atoms with Gasteiger partial charge in [0.15, 0.2) is 0 Å². The first kappa shape index (κ1) is 25.1. The molecule has 1 N–H and O–H groups in total. The van der Waals surface area contributed by atoms with Gasteiger partial charge < -0.3 is 14.3 Å². The van der Waals surface area contributed by atoms with Crippen LogP contribution >= 0.6 is 0 Å². The predicted octanol–water partition coefficient (Wildman–Crippen LogP) is 4.94. The van der Waals surface area contributed by atoms with Crippen molar-refractivity contribution in [2.45, 2.75) is 38.5 Å². The SMILES string of the molecule is C=C[C@H](COCc1ccccc1)[C@H](O)CO[Si](c1ccccc1)(c1ccccc1)C(C)(C)C. The average molecular weight is 461 g/mol. The molecule has 3 aromatic rings. The van der Waals surface area contributed by atoms with Crippen LogP contribution in [0.1, 0.15) is 26.3 Å². The number of hydrogen-bond acceptors (Lipinski definition) is 3. The van der Waals surface area contributed by atoms with Crippen LogP contribution in [-0.2, 0) is 15.8 Å². The molecule has 0 unspecified atom stereocenters. The van der Waals surface area contributed by atoms with Crippen LogP contribution in [0.4, 0.5) is 0 Å². The van der Waals surface area contributed by atoms with Gasteiger partial charge in [-0.25, -0.2) is 0 Å². The monoisotopic (exact) mass is 460 g/mol. The highest BCUT2D eigenvalue weighted by Crippen LogP contribution is 2.37. The highest BCUT2D eigenvalue weighted by molar-refractivity contribution is 6.99. The second kappa shape index (κ2) is 11.6. The minimum absolute atomic E-state index is 0.136. The first-order chi connectivity index (χ1) is 15.9. The molecule has 2 atom stereocenters.